The summed E-state index contributed by atoms with van der Waals surface area (Å²) in [4.78, 5) is 27.3. The fraction of sp³-hybridized carbons (Fsp3) is 0.368. The molecule has 0 saturated carbocycles. The molecule has 1 aromatic carbocycles. The van der Waals surface area contributed by atoms with E-state index in [1.807, 2.05) is 17.9 Å². The zero-order valence-corrected chi connectivity index (χ0v) is 16.3. The number of amides is 1. The lowest BCUT2D eigenvalue weighted by molar-refractivity contribution is 0.0996. The minimum absolute atomic E-state index is 0.0596. The highest BCUT2D eigenvalue weighted by molar-refractivity contribution is 6.35. The monoisotopic (exact) mass is 399 g/mol. The number of aliphatic imine (C=N–C) groups is 1. The molecule has 3 heterocycles. The molecule has 0 unspecified atom stereocenters. The molecule has 0 spiro atoms. The summed E-state index contributed by atoms with van der Waals surface area (Å²) in [5.74, 6) is -0.134. The van der Waals surface area contributed by atoms with Crippen molar-refractivity contribution >= 4 is 35.5 Å². The minimum Gasteiger partial charge on any atom is -0.383 e. The number of primary amides is 1. The third kappa shape index (κ3) is 3.18. The van der Waals surface area contributed by atoms with Gasteiger partial charge in [-0.25, -0.2) is 4.98 Å². The second-order valence-corrected chi connectivity index (χ2v) is 7.98. The predicted octanol–water partition coefficient (Wildman–Crippen LogP) is 1.73. The van der Waals surface area contributed by atoms with Gasteiger partial charge in [0, 0.05) is 36.0 Å². The number of rotatable bonds is 3. The topological polar surface area (TPSA) is 137 Å². The third-order valence-corrected chi connectivity index (χ3v) is 5.81. The van der Waals surface area contributed by atoms with Gasteiger partial charge in [-0.2, -0.15) is 4.98 Å². The lowest BCUT2D eigenvalue weighted by Crippen LogP contribution is -2.48. The van der Waals surface area contributed by atoms with Gasteiger partial charge in [-0.05, 0) is 25.3 Å². The first-order chi connectivity index (χ1) is 13.3. The Balaban J connectivity index is 1.79. The maximum atomic E-state index is 12.2. The molecular formula is C19H22ClN7O. The summed E-state index contributed by atoms with van der Waals surface area (Å²) in [6.07, 6.45) is 3.35. The van der Waals surface area contributed by atoms with E-state index < -0.39 is 5.91 Å². The van der Waals surface area contributed by atoms with Gasteiger partial charge < -0.3 is 22.1 Å². The fourth-order valence-electron chi connectivity index (χ4n) is 3.61. The molecule has 1 fully saturated rings. The molecule has 0 bridgehead atoms. The lowest BCUT2D eigenvalue weighted by Gasteiger charge is -2.36. The Morgan fingerprint density at radius 2 is 1.96 bits per heavy atom. The molecule has 28 heavy (non-hydrogen) atoms. The SMILES string of the molecule is CC1(N)CCN(c2nc(N)c(-c3ccc4c(c3Cl)CN=C4)c(C(N)=O)n2)CC1. The van der Waals surface area contributed by atoms with Crippen LogP contribution in [0.25, 0.3) is 11.1 Å². The highest BCUT2D eigenvalue weighted by Crippen LogP contribution is 2.38. The molecule has 0 atom stereocenters. The summed E-state index contributed by atoms with van der Waals surface area (Å²) >= 11 is 6.59. The first-order valence-corrected chi connectivity index (χ1v) is 9.47. The van der Waals surface area contributed by atoms with Crippen LogP contribution in [0.1, 0.15) is 41.4 Å². The standard InChI is InChI=1S/C19H22ClN7O/c1-19(23)4-6-27(7-5-19)18-25-15(17(22)28)13(16(21)26-18)11-3-2-10-8-24-9-12(10)14(11)20/h2-3,8H,4-7,9,23H2,1H3,(H2,22,28)(H2,21,25,26). The van der Waals surface area contributed by atoms with Crippen molar-refractivity contribution in [2.45, 2.75) is 31.8 Å². The summed E-state index contributed by atoms with van der Waals surface area (Å²) < 4.78 is 0. The second kappa shape index (κ2) is 6.72. The van der Waals surface area contributed by atoms with Gasteiger partial charge in [0.15, 0.2) is 0 Å². The maximum absolute atomic E-state index is 12.2. The summed E-state index contributed by atoms with van der Waals surface area (Å²) in [6.45, 7) is 3.87. The van der Waals surface area contributed by atoms with Gasteiger partial charge in [-0.15, -0.1) is 0 Å². The maximum Gasteiger partial charge on any atom is 0.268 e. The van der Waals surface area contributed by atoms with Gasteiger partial charge in [0.25, 0.3) is 5.91 Å². The van der Waals surface area contributed by atoms with E-state index in [1.165, 1.54) is 0 Å². The first kappa shape index (κ1) is 18.6. The van der Waals surface area contributed by atoms with E-state index in [9.17, 15) is 4.79 Å². The van der Waals surface area contributed by atoms with Crippen molar-refractivity contribution in [3.8, 4) is 11.1 Å². The molecule has 1 amide bonds. The van der Waals surface area contributed by atoms with Crippen LogP contribution >= 0.6 is 11.6 Å². The van der Waals surface area contributed by atoms with Crippen molar-refractivity contribution in [1.82, 2.24) is 9.97 Å². The fourth-order valence-corrected chi connectivity index (χ4v) is 3.94. The summed E-state index contributed by atoms with van der Waals surface area (Å²) in [5, 5.41) is 0.484. The van der Waals surface area contributed by atoms with Gasteiger partial charge in [-0.1, -0.05) is 23.7 Å². The molecule has 146 valence electrons. The van der Waals surface area contributed by atoms with Gasteiger partial charge >= 0.3 is 0 Å². The number of nitrogens with two attached hydrogens (primary N) is 3. The van der Waals surface area contributed by atoms with Crippen molar-refractivity contribution in [3.63, 3.8) is 0 Å². The molecule has 9 heteroatoms. The molecule has 6 N–H and O–H groups in total. The van der Waals surface area contributed by atoms with Gasteiger partial charge in [0.1, 0.15) is 11.5 Å². The average molecular weight is 400 g/mol. The number of carbonyl (C=O) groups excluding carboxylic acids is 1. The number of halogens is 1. The Hall–Kier alpha value is -2.71. The molecule has 2 aromatic rings. The number of hydrogen-bond acceptors (Lipinski definition) is 7. The van der Waals surface area contributed by atoms with Crippen molar-refractivity contribution in [1.29, 1.82) is 0 Å². The molecule has 2 aliphatic rings. The van der Waals surface area contributed by atoms with E-state index in [2.05, 4.69) is 15.0 Å². The molecule has 1 saturated heterocycles. The average Bonchev–Trinajstić information content (AvgIpc) is 3.11. The van der Waals surface area contributed by atoms with Crippen LogP contribution in [-0.4, -0.2) is 40.7 Å². The first-order valence-electron chi connectivity index (χ1n) is 9.09. The van der Waals surface area contributed by atoms with Crippen molar-refractivity contribution < 1.29 is 4.79 Å². The number of hydrogen-bond donors (Lipinski definition) is 3. The highest BCUT2D eigenvalue weighted by atomic mass is 35.5. The molecule has 8 nitrogen and oxygen atoms in total. The van der Waals surface area contributed by atoms with E-state index in [-0.39, 0.29) is 17.1 Å². The van der Waals surface area contributed by atoms with Crippen molar-refractivity contribution in [3.05, 3.63) is 34.0 Å². The quantitative estimate of drug-likeness (QED) is 0.718. The van der Waals surface area contributed by atoms with E-state index in [4.69, 9.17) is 28.8 Å². The number of aromatic nitrogens is 2. The molecule has 0 radical (unpaired) electrons. The molecular weight excluding hydrogens is 378 g/mol. The van der Waals surface area contributed by atoms with Crippen LogP contribution in [-0.2, 0) is 6.54 Å². The number of fused-ring (bicyclic) bond motifs is 1. The zero-order valence-electron chi connectivity index (χ0n) is 15.6. The van der Waals surface area contributed by atoms with Gasteiger partial charge in [0.2, 0.25) is 5.95 Å². The Morgan fingerprint density at radius 3 is 2.64 bits per heavy atom. The Labute approximate surface area is 167 Å². The molecule has 1 aromatic heterocycles. The normalized spacial score (nSPS) is 17.6. The molecule has 0 aliphatic carbocycles. The Bertz CT molecular complexity index is 992. The summed E-state index contributed by atoms with van der Waals surface area (Å²) in [5.41, 5.74) is 20.7. The smallest absolute Gasteiger partial charge is 0.268 e. The number of piperidine rings is 1. The van der Waals surface area contributed by atoms with Crippen LogP contribution in [0.15, 0.2) is 17.1 Å². The number of carbonyl (C=O) groups is 1. The number of nitrogen functional groups attached to an aromatic ring is 1. The van der Waals surface area contributed by atoms with Crippen LogP contribution in [0.4, 0.5) is 11.8 Å². The third-order valence-electron chi connectivity index (χ3n) is 5.38. The minimum atomic E-state index is -0.682. The van der Waals surface area contributed by atoms with Crippen LogP contribution in [0, 0.1) is 0 Å². The van der Waals surface area contributed by atoms with E-state index in [0.29, 0.717) is 41.7 Å². The van der Waals surface area contributed by atoms with Crippen LogP contribution in [0.5, 0.6) is 0 Å². The highest BCUT2D eigenvalue weighted by Gasteiger charge is 2.29. The van der Waals surface area contributed by atoms with Gasteiger partial charge in [0.05, 0.1) is 17.1 Å². The van der Waals surface area contributed by atoms with Crippen molar-refractivity contribution in [2.75, 3.05) is 23.7 Å². The van der Waals surface area contributed by atoms with Gasteiger partial charge in [-0.3, -0.25) is 9.79 Å². The van der Waals surface area contributed by atoms with E-state index >= 15 is 0 Å². The molecule has 2 aliphatic heterocycles. The summed E-state index contributed by atoms with van der Waals surface area (Å²) in [6, 6.07) is 3.68. The number of anilines is 2. The largest absolute Gasteiger partial charge is 0.383 e. The number of benzene rings is 1. The van der Waals surface area contributed by atoms with Crippen LogP contribution < -0.4 is 22.1 Å². The predicted molar refractivity (Wildman–Crippen MR) is 111 cm³/mol. The lowest BCUT2D eigenvalue weighted by atomic mass is 9.91. The summed E-state index contributed by atoms with van der Waals surface area (Å²) in [7, 11) is 0. The molecule has 4 rings (SSSR count). The second-order valence-electron chi connectivity index (χ2n) is 7.60. The van der Waals surface area contributed by atoms with E-state index in [1.54, 1.807) is 12.3 Å². The van der Waals surface area contributed by atoms with E-state index in [0.717, 1.165) is 24.0 Å². The number of nitrogens with zero attached hydrogens (tertiary/aromatic N) is 4. The van der Waals surface area contributed by atoms with Crippen molar-refractivity contribution in [2.24, 2.45) is 16.5 Å². The Kier molecular flexibility index (Phi) is 4.47. The van der Waals surface area contributed by atoms with Crippen LogP contribution in [0.3, 0.4) is 0 Å². The Morgan fingerprint density at radius 1 is 1.25 bits per heavy atom. The zero-order chi connectivity index (χ0) is 20.1. The van der Waals surface area contributed by atoms with Crippen LogP contribution in [0.2, 0.25) is 5.02 Å².